The largest absolute Gasteiger partial charge is 0.481 e. The predicted octanol–water partition coefficient (Wildman–Crippen LogP) is 1.22. The molecule has 1 saturated heterocycles. The van der Waals surface area contributed by atoms with Gasteiger partial charge in [0, 0.05) is 18.5 Å². The minimum atomic E-state index is -1.82. The molecule has 19 nitrogen and oxygen atoms in total. The molecule has 2 aromatic rings. The van der Waals surface area contributed by atoms with Gasteiger partial charge in [0.15, 0.2) is 6.17 Å². The molecule has 0 aromatic heterocycles. The summed E-state index contributed by atoms with van der Waals surface area (Å²) >= 11 is 0. The van der Waals surface area contributed by atoms with Gasteiger partial charge in [-0.3, -0.25) is 33.6 Å². The van der Waals surface area contributed by atoms with Gasteiger partial charge in [-0.15, -0.1) is 0 Å². The van der Waals surface area contributed by atoms with Crippen molar-refractivity contribution in [1.29, 1.82) is 0 Å². The molecular formula is C49H74BN9O10. The summed E-state index contributed by atoms with van der Waals surface area (Å²) in [5, 5.41) is 25.8. The summed E-state index contributed by atoms with van der Waals surface area (Å²) in [5.74, 6) is -5.38. The van der Waals surface area contributed by atoms with E-state index in [9.17, 15) is 38.7 Å². The first kappa shape index (κ1) is 54.5. The molecule has 2 bridgehead atoms. The van der Waals surface area contributed by atoms with Crippen LogP contribution in [-0.4, -0.2) is 115 Å². The Balaban J connectivity index is 1.11. The van der Waals surface area contributed by atoms with Crippen LogP contribution in [0, 0.1) is 17.3 Å². The summed E-state index contributed by atoms with van der Waals surface area (Å²) in [7, 11) is -0.774. The summed E-state index contributed by atoms with van der Waals surface area (Å²) in [5.41, 5.74) is 20.4. The summed E-state index contributed by atoms with van der Waals surface area (Å²) < 4.78 is 12.9. The zero-order chi connectivity index (χ0) is 50.6. The number of carbonyl (C=O) groups excluding carboxylic acids is 7. The molecule has 1 heterocycles. The normalized spacial score (nSPS) is 22.5. The number of benzene rings is 2. The number of aliphatic hydroxyl groups excluding tert-OH is 1. The van der Waals surface area contributed by atoms with Crippen LogP contribution < -0.4 is 49.1 Å². The van der Waals surface area contributed by atoms with Crippen molar-refractivity contribution in [2.75, 3.05) is 13.1 Å². The Morgan fingerprint density at radius 3 is 2.06 bits per heavy atom. The van der Waals surface area contributed by atoms with Gasteiger partial charge in [-0.25, -0.2) is 0 Å². The molecule has 3 saturated carbocycles. The van der Waals surface area contributed by atoms with Crippen molar-refractivity contribution >= 4 is 48.5 Å². The number of amides is 7. The van der Waals surface area contributed by atoms with Gasteiger partial charge < -0.3 is 63.5 Å². The molecule has 10 atom stereocenters. The van der Waals surface area contributed by atoms with Crippen LogP contribution in [0.15, 0.2) is 48.5 Å². The third-order valence-electron chi connectivity index (χ3n) is 14.2. The number of primary amides is 1. The molecule has 0 radical (unpaired) electrons. The zero-order valence-electron chi connectivity index (χ0n) is 40.9. The van der Waals surface area contributed by atoms with Gasteiger partial charge in [-0.05, 0) is 118 Å². The van der Waals surface area contributed by atoms with E-state index in [4.69, 9.17) is 26.5 Å². The van der Waals surface area contributed by atoms with Crippen molar-refractivity contribution in [3.63, 3.8) is 0 Å². The third-order valence-corrected chi connectivity index (χ3v) is 14.2. The quantitative estimate of drug-likeness (QED) is 0.0362. The van der Waals surface area contributed by atoms with Crippen LogP contribution in [0.4, 0.5) is 0 Å². The number of nitrogens with one attached hydrogen (secondary N) is 6. The molecule has 4 fully saturated rings. The minimum absolute atomic E-state index is 0.0365. The Bertz CT molecular complexity index is 2130. The number of unbranched alkanes of at least 4 members (excludes halogenated alkanes) is 2. The highest BCUT2D eigenvalue weighted by atomic mass is 16.7. The minimum Gasteiger partial charge on any atom is -0.404 e. The van der Waals surface area contributed by atoms with E-state index < -0.39 is 90.9 Å². The molecule has 2 unspecified atom stereocenters. The van der Waals surface area contributed by atoms with Gasteiger partial charge >= 0.3 is 7.12 Å². The average molecular weight is 960 g/mol. The highest BCUT2D eigenvalue weighted by Gasteiger charge is 2.68. The Morgan fingerprint density at radius 1 is 0.812 bits per heavy atom. The van der Waals surface area contributed by atoms with Crippen LogP contribution in [0.3, 0.4) is 0 Å². The van der Waals surface area contributed by atoms with Crippen molar-refractivity contribution in [2.45, 2.75) is 160 Å². The lowest BCUT2D eigenvalue weighted by Gasteiger charge is -2.64. The van der Waals surface area contributed by atoms with Crippen molar-refractivity contribution in [1.82, 2.24) is 31.9 Å². The lowest BCUT2D eigenvalue weighted by molar-refractivity contribution is -0.199. The maximum Gasteiger partial charge on any atom is 0.481 e. The van der Waals surface area contributed by atoms with Gasteiger partial charge in [-0.1, -0.05) is 70.5 Å². The van der Waals surface area contributed by atoms with Crippen LogP contribution >= 0.6 is 0 Å². The first-order valence-electron chi connectivity index (χ1n) is 24.5. The Labute approximate surface area is 405 Å². The van der Waals surface area contributed by atoms with Gasteiger partial charge in [0.25, 0.3) is 11.8 Å². The topological polar surface area (TPSA) is 308 Å². The number of hydrogen-bond acceptors (Lipinski definition) is 12. The number of aryl methyl sites for hydroxylation is 1. The Morgan fingerprint density at radius 2 is 1.46 bits per heavy atom. The molecule has 13 N–H and O–H groups in total. The monoisotopic (exact) mass is 960 g/mol. The maximum absolute atomic E-state index is 13.6. The molecule has 0 spiro atoms. The summed E-state index contributed by atoms with van der Waals surface area (Å²) in [6, 6.07) is 11.2. The standard InChI is InChI=1S/C49H74BN9O10/c1-7-9-12-29-14-16-30(17-15-29)31-18-20-32(21-19-31)43(63)54-24-22-40(62)55-34(13-10-11-23-51)44(64)58-41(28(3)60)46(66)59-42(53)47(67)56-35(27-39(52)61)45(65)57-38(8-2)50-68-37-26-33-25-36(48(33,4)5)49(37,6)69-50/h14-21,28,33-38,41-42,60H,7-13,22-27,51,53H2,1-6H3,(H2,52,61)(H,54,63)(H,55,62)(H,56,67)(H,57,65)(H,58,64)(H,59,66)/t28?,33-,34-,35-,36-,37?,38-,41-,42+,49-/m0/s1. The first-order chi connectivity index (χ1) is 32.7. The number of hydrogen-bond donors (Lipinski definition) is 10. The first-order valence-corrected chi connectivity index (χ1v) is 24.5. The molecule has 20 heteroatoms. The molecule has 6 rings (SSSR count). The average Bonchev–Trinajstić information content (AvgIpc) is 3.68. The van der Waals surface area contributed by atoms with E-state index in [1.807, 2.05) is 19.1 Å². The fraction of sp³-hybridized carbons (Fsp3) is 0.612. The molecule has 69 heavy (non-hydrogen) atoms. The number of rotatable bonds is 26. The van der Waals surface area contributed by atoms with Gasteiger partial charge in [0.2, 0.25) is 29.5 Å². The second-order valence-electron chi connectivity index (χ2n) is 19.6. The zero-order valence-corrected chi connectivity index (χ0v) is 40.9. The molecule has 3 aliphatic carbocycles. The second-order valence-corrected chi connectivity index (χ2v) is 19.6. The number of nitrogens with two attached hydrogens (primary N) is 3. The van der Waals surface area contributed by atoms with Gasteiger partial charge in [0.05, 0.1) is 30.2 Å². The molecule has 4 aliphatic rings. The lowest BCUT2D eigenvalue weighted by atomic mass is 9.43. The van der Waals surface area contributed by atoms with E-state index in [1.54, 1.807) is 12.1 Å². The number of carbonyl (C=O) groups is 7. The van der Waals surface area contributed by atoms with Crippen molar-refractivity contribution < 1.29 is 48.0 Å². The Hall–Kier alpha value is -5.41. The molecule has 7 amide bonds. The van der Waals surface area contributed by atoms with Crippen LogP contribution in [0.5, 0.6) is 0 Å². The van der Waals surface area contributed by atoms with E-state index in [-0.39, 0.29) is 42.7 Å². The predicted molar refractivity (Wildman–Crippen MR) is 260 cm³/mol. The molecule has 378 valence electrons. The molecule has 1 aliphatic heterocycles. The van der Waals surface area contributed by atoms with Crippen LogP contribution in [0.1, 0.15) is 122 Å². The van der Waals surface area contributed by atoms with E-state index in [0.717, 1.165) is 43.2 Å². The second kappa shape index (κ2) is 24.4. The van der Waals surface area contributed by atoms with Gasteiger partial charge in [0.1, 0.15) is 18.1 Å². The fourth-order valence-corrected chi connectivity index (χ4v) is 9.84. The fourth-order valence-electron chi connectivity index (χ4n) is 9.84. The number of aliphatic hydroxyl groups is 1. The highest BCUT2D eigenvalue weighted by Crippen LogP contribution is 2.65. The molecule has 2 aromatic carbocycles. The van der Waals surface area contributed by atoms with E-state index >= 15 is 0 Å². The molecular weight excluding hydrogens is 885 g/mol. The smallest absolute Gasteiger partial charge is 0.404 e. The maximum atomic E-state index is 13.6. The third kappa shape index (κ3) is 13.9. The van der Waals surface area contributed by atoms with E-state index in [1.165, 1.54) is 12.5 Å². The summed E-state index contributed by atoms with van der Waals surface area (Å²) in [6.45, 7) is 12.0. The summed E-state index contributed by atoms with van der Waals surface area (Å²) in [6.07, 6.45) is 2.41. The summed E-state index contributed by atoms with van der Waals surface area (Å²) in [4.78, 5) is 92.1. The van der Waals surface area contributed by atoms with Crippen molar-refractivity contribution in [3.8, 4) is 11.1 Å². The van der Waals surface area contributed by atoms with Crippen LogP contribution in [-0.2, 0) is 44.5 Å². The van der Waals surface area contributed by atoms with Crippen molar-refractivity contribution in [3.05, 3.63) is 59.7 Å². The van der Waals surface area contributed by atoms with E-state index in [0.29, 0.717) is 37.3 Å². The lowest BCUT2D eigenvalue weighted by Crippen LogP contribution is -2.65. The van der Waals surface area contributed by atoms with E-state index in [2.05, 4.69) is 83.9 Å². The van der Waals surface area contributed by atoms with Crippen LogP contribution in [0.2, 0.25) is 0 Å². The Kier molecular flexibility index (Phi) is 19.3. The van der Waals surface area contributed by atoms with Gasteiger partial charge in [-0.2, -0.15) is 0 Å². The highest BCUT2D eigenvalue weighted by molar-refractivity contribution is 6.48. The van der Waals surface area contributed by atoms with Crippen molar-refractivity contribution in [2.24, 2.45) is 34.5 Å². The SMILES string of the molecule is CCCCc1ccc(-c2ccc(C(=O)NCCC(=O)N[C@@H](CCCCN)C(=O)N[C@H](C(=O)N[C@@H](N)C(=O)N[C@@H](CC(N)=O)C(=O)N[C@@H](CC)B3OC4C[C@@H]5C[C@@H](C5(C)C)[C@]4(C)O3)C(C)O)cc2)cc1. The van der Waals surface area contributed by atoms with Crippen LogP contribution in [0.25, 0.3) is 11.1 Å².